The van der Waals surface area contributed by atoms with E-state index in [-0.39, 0.29) is 31.1 Å². The summed E-state index contributed by atoms with van der Waals surface area (Å²) in [7, 11) is 0. The molecule has 0 saturated carbocycles. The maximum Gasteiger partial charge on any atom is 0.306 e. The van der Waals surface area contributed by atoms with Crippen LogP contribution in [0.2, 0.25) is 0 Å². The molecule has 0 heterocycles. The lowest BCUT2D eigenvalue weighted by atomic mass is 10.0. The molecule has 0 saturated heterocycles. The van der Waals surface area contributed by atoms with Crippen molar-refractivity contribution in [3.8, 4) is 0 Å². The molecule has 6 heteroatoms. The minimum atomic E-state index is -0.785. The second-order valence-electron chi connectivity index (χ2n) is 20.2. The fourth-order valence-electron chi connectivity index (χ4n) is 8.35. The molecule has 0 N–H and O–H groups in total. The summed E-state index contributed by atoms with van der Waals surface area (Å²) in [5.41, 5.74) is 0. The Morgan fingerprint density at radius 1 is 0.280 bits per heavy atom. The monoisotopic (exact) mass is 1040 g/mol. The average molecular weight is 1040 g/mol. The van der Waals surface area contributed by atoms with Crippen LogP contribution >= 0.6 is 0 Å². The molecule has 75 heavy (non-hydrogen) atoms. The van der Waals surface area contributed by atoms with Gasteiger partial charge in [-0.2, -0.15) is 0 Å². The minimum Gasteiger partial charge on any atom is -0.462 e. The third-order valence-corrected chi connectivity index (χ3v) is 13.0. The average Bonchev–Trinajstić information content (AvgIpc) is 3.41. The summed E-state index contributed by atoms with van der Waals surface area (Å²) in [6, 6.07) is 0. The molecule has 0 aliphatic carbocycles. The standard InChI is InChI=1S/C69H114O6/c1-4-7-10-13-16-18-20-22-24-26-27-28-29-30-31-32-33-34-35-36-37-38-39-40-41-42-43-44-46-47-49-51-53-56-59-62-68(71)74-65-66(64-73-67(70)61-58-55-15-12-9-6-3)75-69(72)63-60-57-54-52-50-48-45-25-23-21-19-17-14-11-8-5-2/h7,10,16,18,22,24,27-28,30-31,33-34,36-37,39-40,42-43,46-47,66H,4-6,8-9,11-15,17,19-21,23,25-26,29,32,35,38,41,44-45,48-65H2,1-3H3/b10-7-,18-16-,24-22-,28-27-,31-30-,34-33-,37-36-,40-39-,43-42-,47-46-. The Labute approximate surface area is 462 Å². The van der Waals surface area contributed by atoms with Crippen LogP contribution < -0.4 is 0 Å². The van der Waals surface area contributed by atoms with Gasteiger partial charge in [-0.1, -0.05) is 284 Å². The van der Waals surface area contributed by atoms with E-state index in [4.69, 9.17) is 14.2 Å². The van der Waals surface area contributed by atoms with Crippen LogP contribution in [0.5, 0.6) is 0 Å². The molecule has 0 bridgehead atoms. The van der Waals surface area contributed by atoms with Crippen LogP contribution in [0.15, 0.2) is 122 Å². The number of esters is 3. The lowest BCUT2D eigenvalue weighted by molar-refractivity contribution is -0.167. The summed E-state index contributed by atoms with van der Waals surface area (Å²) in [6.07, 6.45) is 86.6. The van der Waals surface area contributed by atoms with Gasteiger partial charge in [0.1, 0.15) is 13.2 Å². The predicted molar refractivity (Wildman–Crippen MR) is 325 cm³/mol. The highest BCUT2D eigenvalue weighted by Gasteiger charge is 2.19. The molecule has 0 radical (unpaired) electrons. The summed E-state index contributed by atoms with van der Waals surface area (Å²) < 4.78 is 16.7. The molecule has 0 rings (SSSR count). The fraction of sp³-hybridized carbons (Fsp3) is 0.667. The van der Waals surface area contributed by atoms with Crippen LogP contribution in [0.25, 0.3) is 0 Å². The first-order chi connectivity index (χ1) is 37.0. The fourth-order valence-corrected chi connectivity index (χ4v) is 8.35. The van der Waals surface area contributed by atoms with Gasteiger partial charge in [-0.15, -0.1) is 0 Å². The summed E-state index contributed by atoms with van der Waals surface area (Å²) >= 11 is 0. The van der Waals surface area contributed by atoms with Gasteiger partial charge in [-0.05, 0) is 96.3 Å². The third kappa shape index (κ3) is 60.6. The number of hydrogen-bond donors (Lipinski definition) is 0. The highest BCUT2D eigenvalue weighted by atomic mass is 16.6. The number of hydrogen-bond acceptors (Lipinski definition) is 6. The normalized spacial score (nSPS) is 12.9. The number of rotatable bonds is 55. The second kappa shape index (κ2) is 62.4. The van der Waals surface area contributed by atoms with Crippen molar-refractivity contribution in [2.24, 2.45) is 0 Å². The first kappa shape index (κ1) is 70.8. The molecule has 426 valence electrons. The summed E-state index contributed by atoms with van der Waals surface area (Å²) in [5, 5.41) is 0. The number of carbonyl (C=O) groups is 3. The highest BCUT2D eigenvalue weighted by Crippen LogP contribution is 2.16. The van der Waals surface area contributed by atoms with Gasteiger partial charge in [0.05, 0.1) is 0 Å². The molecule has 1 unspecified atom stereocenters. The van der Waals surface area contributed by atoms with Gasteiger partial charge in [0, 0.05) is 19.3 Å². The Morgan fingerprint density at radius 3 is 0.813 bits per heavy atom. The van der Waals surface area contributed by atoms with Crippen LogP contribution in [-0.4, -0.2) is 37.2 Å². The quantitative estimate of drug-likeness (QED) is 0.0261. The molecular weight excluding hydrogens is 925 g/mol. The number of carbonyl (C=O) groups excluding carboxylic acids is 3. The summed E-state index contributed by atoms with van der Waals surface area (Å²) in [6.45, 7) is 6.45. The Balaban J connectivity index is 4.15. The van der Waals surface area contributed by atoms with E-state index >= 15 is 0 Å². The van der Waals surface area contributed by atoms with Crippen molar-refractivity contribution < 1.29 is 28.6 Å². The number of unbranched alkanes of at least 4 members (excludes halogenated alkanes) is 24. The van der Waals surface area contributed by atoms with E-state index in [1.54, 1.807) is 0 Å². The topological polar surface area (TPSA) is 78.9 Å². The van der Waals surface area contributed by atoms with Gasteiger partial charge >= 0.3 is 17.9 Å². The van der Waals surface area contributed by atoms with E-state index in [1.165, 1.54) is 103 Å². The van der Waals surface area contributed by atoms with Gasteiger partial charge in [-0.3, -0.25) is 14.4 Å². The lowest BCUT2D eigenvalue weighted by Crippen LogP contribution is -2.30. The minimum absolute atomic E-state index is 0.0852. The molecule has 0 fully saturated rings. The van der Waals surface area contributed by atoms with Crippen LogP contribution in [0.3, 0.4) is 0 Å². The molecule has 0 aromatic heterocycles. The van der Waals surface area contributed by atoms with E-state index < -0.39 is 6.10 Å². The lowest BCUT2D eigenvalue weighted by Gasteiger charge is -2.18. The number of allylic oxidation sites excluding steroid dienone is 20. The highest BCUT2D eigenvalue weighted by molar-refractivity contribution is 5.71. The van der Waals surface area contributed by atoms with Crippen molar-refractivity contribution in [2.75, 3.05) is 13.2 Å². The molecule has 0 aliphatic heterocycles. The molecule has 0 spiro atoms. The Morgan fingerprint density at radius 2 is 0.520 bits per heavy atom. The largest absolute Gasteiger partial charge is 0.462 e. The van der Waals surface area contributed by atoms with Gasteiger partial charge < -0.3 is 14.2 Å². The van der Waals surface area contributed by atoms with Crippen molar-refractivity contribution in [3.63, 3.8) is 0 Å². The molecule has 6 nitrogen and oxygen atoms in total. The summed E-state index contributed by atoms with van der Waals surface area (Å²) in [4.78, 5) is 37.9. The van der Waals surface area contributed by atoms with Crippen molar-refractivity contribution in [1.82, 2.24) is 0 Å². The molecule has 0 aliphatic rings. The van der Waals surface area contributed by atoms with Crippen molar-refractivity contribution in [3.05, 3.63) is 122 Å². The smallest absolute Gasteiger partial charge is 0.306 e. The maximum absolute atomic E-state index is 12.8. The zero-order valence-corrected chi connectivity index (χ0v) is 48.8. The third-order valence-electron chi connectivity index (χ3n) is 13.0. The molecular formula is C69H114O6. The Hall–Kier alpha value is -4.19. The van der Waals surface area contributed by atoms with Crippen molar-refractivity contribution in [2.45, 2.75) is 284 Å². The van der Waals surface area contributed by atoms with E-state index in [0.29, 0.717) is 19.3 Å². The van der Waals surface area contributed by atoms with Crippen LogP contribution in [0, 0.1) is 0 Å². The maximum atomic E-state index is 12.8. The van der Waals surface area contributed by atoms with Crippen LogP contribution in [0.4, 0.5) is 0 Å². The van der Waals surface area contributed by atoms with E-state index in [2.05, 4.69) is 142 Å². The molecule has 0 aromatic carbocycles. The van der Waals surface area contributed by atoms with Gasteiger partial charge in [0.2, 0.25) is 0 Å². The van der Waals surface area contributed by atoms with E-state index in [1.807, 2.05) is 0 Å². The zero-order valence-electron chi connectivity index (χ0n) is 48.8. The van der Waals surface area contributed by atoms with E-state index in [0.717, 1.165) is 135 Å². The van der Waals surface area contributed by atoms with Gasteiger partial charge in [0.15, 0.2) is 6.10 Å². The second-order valence-corrected chi connectivity index (χ2v) is 20.2. The predicted octanol–water partition coefficient (Wildman–Crippen LogP) is 21.2. The molecule has 0 amide bonds. The van der Waals surface area contributed by atoms with Crippen molar-refractivity contribution >= 4 is 17.9 Å². The van der Waals surface area contributed by atoms with Crippen molar-refractivity contribution in [1.29, 1.82) is 0 Å². The number of ether oxygens (including phenoxy) is 3. The Bertz CT molecular complexity index is 1570. The van der Waals surface area contributed by atoms with E-state index in [9.17, 15) is 14.4 Å². The Kier molecular flexibility index (Phi) is 58.9. The van der Waals surface area contributed by atoms with Crippen LogP contribution in [-0.2, 0) is 28.6 Å². The molecule has 1 atom stereocenters. The van der Waals surface area contributed by atoms with Gasteiger partial charge in [0.25, 0.3) is 0 Å². The SMILES string of the molecule is CC/C=C\C/C=C\C/C=C\C/C=C\C/C=C\C/C=C\C/C=C\C/C=C\C/C=C\C/C=C\CCCCCCC(=O)OCC(COC(=O)CCCCCCCC)OC(=O)CCCCCCCCCCCCCCCCCC. The first-order valence-corrected chi connectivity index (χ1v) is 31.0. The first-order valence-electron chi connectivity index (χ1n) is 31.0. The zero-order chi connectivity index (χ0) is 54.3. The summed E-state index contributed by atoms with van der Waals surface area (Å²) in [5.74, 6) is -0.918. The molecule has 0 aromatic rings. The van der Waals surface area contributed by atoms with Crippen LogP contribution in [0.1, 0.15) is 278 Å². The van der Waals surface area contributed by atoms with Gasteiger partial charge in [-0.25, -0.2) is 0 Å².